The van der Waals surface area contributed by atoms with Crippen LogP contribution in [0.5, 0.6) is 5.88 Å². The van der Waals surface area contributed by atoms with E-state index in [2.05, 4.69) is 25.0 Å². The van der Waals surface area contributed by atoms with Crippen molar-refractivity contribution in [3.63, 3.8) is 0 Å². The monoisotopic (exact) mass is 751 g/mol. The summed E-state index contributed by atoms with van der Waals surface area (Å²) >= 11 is 0. The number of hydrogen-bond acceptors (Lipinski definition) is 11. The Morgan fingerprint density at radius 1 is 0.926 bits per heavy atom. The highest BCUT2D eigenvalue weighted by atomic mass is 32.2. The Labute approximate surface area is 312 Å². The molecule has 15 heteroatoms. The van der Waals surface area contributed by atoms with Gasteiger partial charge in [-0.2, -0.15) is 4.98 Å². The van der Waals surface area contributed by atoms with Crippen molar-refractivity contribution >= 4 is 55.3 Å². The number of carbonyl (C=O) groups is 4. The number of ketones is 1. The molecule has 280 valence electrons. The van der Waals surface area contributed by atoms with Crippen molar-refractivity contribution in [2.45, 2.75) is 87.6 Å². The van der Waals surface area contributed by atoms with E-state index < -0.39 is 56.6 Å². The molecular formula is C39H41N7O7S. The highest BCUT2D eigenvalue weighted by Gasteiger charge is 2.61. The molecule has 8 rings (SSSR count). The molecular weight excluding hydrogens is 711 g/mol. The molecule has 2 aliphatic carbocycles. The number of sulfonamides is 1. The fourth-order valence-corrected chi connectivity index (χ4v) is 9.24. The Balaban J connectivity index is 1.12. The first-order valence-corrected chi connectivity index (χ1v) is 20.1. The van der Waals surface area contributed by atoms with Gasteiger partial charge in [0.05, 0.1) is 23.3 Å². The van der Waals surface area contributed by atoms with E-state index in [0.717, 1.165) is 35.4 Å². The highest BCUT2D eigenvalue weighted by Crippen LogP contribution is 2.57. The maximum Gasteiger partial charge on any atom is 0.270 e. The second-order valence-corrected chi connectivity index (χ2v) is 16.8. The van der Waals surface area contributed by atoms with Crippen molar-refractivity contribution in [1.82, 2.24) is 34.9 Å². The van der Waals surface area contributed by atoms with Crippen LogP contribution in [0, 0.1) is 11.3 Å². The van der Waals surface area contributed by atoms with Gasteiger partial charge in [0.15, 0.2) is 11.4 Å². The van der Waals surface area contributed by atoms with Gasteiger partial charge in [-0.3, -0.25) is 23.9 Å². The van der Waals surface area contributed by atoms with Crippen molar-refractivity contribution in [3.05, 3.63) is 79.0 Å². The summed E-state index contributed by atoms with van der Waals surface area (Å²) in [7, 11) is -3.86. The number of Topliss-reactive ketones (excluding diaryl/α,β-unsaturated/α-hetero) is 1. The fraction of sp³-hybridized carbons (Fsp3) is 0.436. The number of nitrogens with one attached hydrogen (secondary N) is 2. The van der Waals surface area contributed by atoms with E-state index in [1.165, 1.54) is 23.5 Å². The van der Waals surface area contributed by atoms with E-state index >= 15 is 0 Å². The summed E-state index contributed by atoms with van der Waals surface area (Å²) in [6, 6.07) is 10.9. The second-order valence-electron chi connectivity index (χ2n) is 14.8. The number of allylic oxidation sites excluding steroid dienone is 2. The second kappa shape index (κ2) is 14.5. The predicted octanol–water partition coefficient (Wildman–Crippen LogP) is 3.81. The van der Waals surface area contributed by atoms with Gasteiger partial charge in [-0.1, -0.05) is 43.2 Å². The first-order valence-electron chi connectivity index (χ1n) is 18.6. The lowest BCUT2D eigenvalue weighted by molar-refractivity contribution is -0.140. The average Bonchev–Trinajstić information content (AvgIpc) is 4.11. The first kappa shape index (κ1) is 35.7. The van der Waals surface area contributed by atoms with Crippen LogP contribution in [0.3, 0.4) is 0 Å². The molecule has 2 aliphatic heterocycles. The van der Waals surface area contributed by atoms with Crippen LogP contribution in [0.2, 0.25) is 0 Å². The van der Waals surface area contributed by atoms with Gasteiger partial charge in [-0.05, 0) is 74.1 Å². The first-order chi connectivity index (χ1) is 26.1. The van der Waals surface area contributed by atoms with Crippen LogP contribution in [-0.4, -0.2) is 86.7 Å². The third-order valence-electron chi connectivity index (χ3n) is 11.1. The molecule has 0 bridgehead atoms. The Hall–Kier alpha value is -5.31. The molecule has 4 aromatic rings. The van der Waals surface area contributed by atoms with E-state index in [1.807, 2.05) is 48.6 Å². The summed E-state index contributed by atoms with van der Waals surface area (Å²) in [6.45, 7) is 0.0178. The van der Waals surface area contributed by atoms with Crippen molar-refractivity contribution in [2.24, 2.45) is 11.3 Å². The average molecular weight is 752 g/mol. The molecule has 3 amide bonds. The number of hydrogen-bond donors (Lipinski definition) is 2. The number of benzene rings is 1. The predicted molar refractivity (Wildman–Crippen MR) is 197 cm³/mol. The fourth-order valence-electron chi connectivity index (χ4n) is 7.85. The molecule has 0 spiro atoms. The van der Waals surface area contributed by atoms with Crippen molar-refractivity contribution < 1.29 is 32.3 Å². The molecule has 0 unspecified atom stereocenters. The smallest absolute Gasteiger partial charge is 0.270 e. The Kier molecular flexibility index (Phi) is 9.58. The maximum absolute atomic E-state index is 14.6. The van der Waals surface area contributed by atoms with Crippen LogP contribution < -0.4 is 14.8 Å². The van der Waals surface area contributed by atoms with Crippen LogP contribution >= 0.6 is 0 Å². The Bertz CT molecular complexity index is 2270. The van der Waals surface area contributed by atoms with Crippen molar-refractivity contribution in [2.75, 3.05) is 6.54 Å². The zero-order chi connectivity index (χ0) is 37.5. The number of pyridine rings is 2. The molecule has 2 N–H and O–H groups in total. The third kappa shape index (κ3) is 7.16. The minimum atomic E-state index is -3.86. The number of rotatable bonds is 7. The van der Waals surface area contributed by atoms with Gasteiger partial charge in [0.1, 0.15) is 24.2 Å². The summed E-state index contributed by atoms with van der Waals surface area (Å²) in [6.07, 6.45) is 12.0. The molecule has 1 saturated heterocycles. The van der Waals surface area contributed by atoms with Gasteiger partial charge < -0.3 is 15.0 Å². The molecule has 2 saturated carbocycles. The lowest BCUT2D eigenvalue weighted by atomic mass is 9.91. The van der Waals surface area contributed by atoms with E-state index in [1.54, 1.807) is 6.20 Å². The molecule has 5 atom stereocenters. The molecule has 5 heterocycles. The van der Waals surface area contributed by atoms with Crippen LogP contribution in [-0.2, 0) is 24.4 Å². The zero-order valence-corrected chi connectivity index (χ0v) is 30.4. The van der Waals surface area contributed by atoms with Crippen molar-refractivity contribution in [3.8, 4) is 5.88 Å². The standard InChI is InChI=1S/C39H41N7O7S/c47-33-21-39(38(50)45-54(51,52)26-14-15-26)20-24(39)9-4-2-1-3-5-13-31(43-35(48)30-16-18-40-23-42-30)37(49)46-22-25(19-32(33)46)53-36-29-11-7-6-10-27(29)28-12-8-17-41-34(28)44-36/h4,6-12,16-18,23-26,31-32H,1-3,5,13-15,19-22H2,(H,43,48)(H,45,50)/b9-4-/t24-,25-,31+,32+,39-/m1/s1. The summed E-state index contributed by atoms with van der Waals surface area (Å²) in [5.41, 5.74) is -0.669. The van der Waals surface area contributed by atoms with Crippen LogP contribution in [0.4, 0.5) is 0 Å². The minimum Gasteiger partial charge on any atom is -0.472 e. The summed E-state index contributed by atoms with van der Waals surface area (Å²) in [4.78, 5) is 74.8. The van der Waals surface area contributed by atoms with Gasteiger partial charge in [0, 0.05) is 36.0 Å². The van der Waals surface area contributed by atoms with Gasteiger partial charge in [0.2, 0.25) is 27.7 Å². The van der Waals surface area contributed by atoms with Gasteiger partial charge >= 0.3 is 0 Å². The number of carbonyl (C=O) groups excluding carboxylic acids is 4. The summed E-state index contributed by atoms with van der Waals surface area (Å²) in [5.74, 6) is -2.06. The van der Waals surface area contributed by atoms with E-state index in [-0.39, 0.29) is 36.8 Å². The van der Waals surface area contributed by atoms with Gasteiger partial charge in [0.25, 0.3) is 5.91 Å². The lowest BCUT2D eigenvalue weighted by Crippen LogP contribution is -2.52. The molecule has 1 aromatic carbocycles. The molecule has 3 fully saturated rings. The molecule has 14 nitrogen and oxygen atoms in total. The molecule has 3 aromatic heterocycles. The zero-order valence-electron chi connectivity index (χ0n) is 29.6. The largest absolute Gasteiger partial charge is 0.472 e. The SMILES string of the molecule is O=C(N[C@H]1CCCCC/C=C\[C@@H]2C[C@@]2(C(=O)NS(=O)(=O)C2CC2)CC(=O)[C@@H]2C[C@@H](Oc3nc4ncccc4c4ccccc34)CN2C1=O)c1ccncn1. The van der Waals surface area contributed by atoms with Crippen LogP contribution in [0.1, 0.15) is 74.7 Å². The summed E-state index contributed by atoms with van der Waals surface area (Å²) in [5, 5.41) is 4.75. The maximum atomic E-state index is 14.6. The van der Waals surface area contributed by atoms with E-state index in [9.17, 15) is 27.6 Å². The lowest BCUT2D eigenvalue weighted by Gasteiger charge is -2.29. The quantitative estimate of drug-likeness (QED) is 0.206. The van der Waals surface area contributed by atoms with Gasteiger partial charge in [-0.15, -0.1) is 0 Å². The Morgan fingerprint density at radius 3 is 2.54 bits per heavy atom. The Morgan fingerprint density at radius 2 is 1.74 bits per heavy atom. The van der Waals surface area contributed by atoms with Crippen molar-refractivity contribution in [1.29, 1.82) is 0 Å². The van der Waals surface area contributed by atoms with E-state index in [0.29, 0.717) is 43.6 Å². The van der Waals surface area contributed by atoms with E-state index in [4.69, 9.17) is 9.72 Å². The molecule has 0 radical (unpaired) electrons. The molecule has 54 heavy (non-hydrogen) atoms. The number of fused-ring (bicyclic) bond motifs is 5. The van der Waals surface area contributed by atoms with Gasteiger partial charge in [-0.25, -0.2) is 23.4 Å². The van der Waals surface area contributed by atoms with Crippen LogP contribution in [0.15, 0.2) is 73.3 Å². The summed E-state index contributed by atoms with van der Waals surface area (Å²) < 4.78 is 34.6. The minimum absolute atomic E-state index is 0.0178. The van der Waals surface area contributed by atoms with Crippen LogP contribution in [0.25, 0.3) is 21.8 Å². The highest BCUT2D eigenvalue weighted by molar-refractivity contribution is 7.90. The normalized spacial score (nSPS) is 26.9. The topological polar surface area (TPSA) is 191 Å². The number of ether oxygens (including phenoxy) is 1. The molecule has 4 aliphatic rings. The third-order valence-corrected chi connectivity index (χ3v) is 12.9. The number of nitrogens with zero attached hydrogens (tertiary/aromatic N) is 5. The number of aromatic nitrogens is 4. The number of amides is 3.